The first-order chi connectivity index (χ1) is 12.1. The van der Waals surface area contributed by atoms with E-state index in [-0.39, 0.29) is 5.91 Å². The monoisotopic (exact) mass is 341 g/mol. The topological polar surface area (TPSA) is 56.0 Å². The van der Waals surface area contributed by atoms with Gasteiger partial charge in [0.15, 0.2) is 0 Å². The van der Waals surface area contributed by atoms with Crippen LogP contribution in [0.15, 0.2) is 12.4 Å². The molecule has 3 heterocycles. The van der Waals surface area contributed by atoms with Gasteiger partial charge in [0.2, 0.25) is 0 Å². The highest BCUT2D eigenvalue weighted by atomic mass is 16.2. The van der Waals surface area contributed by atoms with Crippen molar-refractivity contribution >= 4 is 5.91 Å². The molecule has 1 saturated heterocycles. The first kappa shape index (κ1) is 16.4. The van der Waals surface area contributed by atoms with Gasteiger partial charge in [-0.2, -0.15) is 0 Å². The second-order valence-corrected chi connectivity index (χ2v) is 7.43. The number of likely N-dealkylation sites (tertiary alicyclic amines) is 1. The lowest BCUT2D eigenvalue weighted by atomic mass is 9.95. The highest BCUT2D eigenvalue weighted by Gasteiger charge is 2.31. The van der Waals surface area contributed by atoms with Crippen LogP contribution in [0.1, 0.15) is 72.1 Å². The number of hydrogen-bond acceptors (Lipinski definition) is 3. The molecule has 6 heteroatoms. The molecule has 2 aromatic heterocycles. The molecule has 2 fully saturated rings. The van der Waals surface area contributed by atoms with Crippen molar-refractivity contribution in [2.75, 3.05) is 13.1 Å². The van der Waals surface area contributed by atoms with Crippen LogP contribution in [0.5, 0.6) is 0 Å². The van der Waals surface area contributed by atoms with E-state index in [2.05, 4.69) is 46.2 Å². The van der Waals surface area contributed by atoms with Crippen molar-refractivity contribution in [3.05, 3.63) is 35.2 Å². The van der Waals surface area contributed by atoms with Gasteiger partial charge in [0.25, 0.3) is 5.91 Å². The third-order valence-corrected chi connectivity index (χ3v) is 5.76. The zero-order valence-electron chi connectivity index (χ0n) is 15.4. The van der Waals surface area contributed by atoms with Gasteiger partial charge in [-0.1, -0.05) is 0 Å². The average molecular weight is 341 g/mol. The molecule has 4 rings (SSSR count). The van der Waals surface area contributed by atoms with E-state index in [0.29, 0.717) is 12.0 Å². The standard InChI is InChI=1S/C19H27N5O/c1-4-22-12-20-21-18(22)15-7-9-23(10-8-15)19(25)17-11-13(2)24(14(17)3)16-5-6-16/h11-12,15-16H,4-10H2,1-3H3. The summed E-state index contributed by atoms with van der Waals surface area (Å²) in [5.74, 6) is 1.67. The number of hydrogen-bond donors (Lipinski definition) is 0. The smallest absolute Gasteiger partial charge is 0.255 e. The first-order valence-corrected chi connectivity index (χ1v) is 9.45. The predicted octanol–water partition coefficient (Wildman–Crippen LogP) is 3.07. The van der Waals surface area contributed by atoms with Crippen LogP contribution in [-0.2, 0) is 6.54 Å². The maximum atomic E-state index is 13.0. The predicted molar refractivity (Wildman–Crippen MR) is 95.8 cm³/mol. The van der Waals surface area contributed by atoms with Gasteiger partial charge in [0.1, 0.15) is 12.2 Å². The summed E-state index contributed by atoms with van der Waals surface area (Å²) in [4.78, 5) is 15.0. The Labute approximate surface area is 148 Å². The molecule has 2 aliphatic rings. The lowest BCUT2D eigenvalue weighted by molar-refractivity contribution is 0.0709. The zero-order valence-corrected chi connectivity index (χ0v) is 15.4. The number of carbonyl (C=O) groups excluding carboxylic acids is 1. The van der Waals surface area contributed by atoms with E-state index in [9.17, 15) is 4.79 Å². The van der Waals surface area contributed by atoms with E-state index in [1.807, 2.05) is 4.90 Å². The molecule has 0 bridgehead atoms. The van der Waals surface area contributed by atoms with Crippen molar-refractivity contribution in [2.24, 2.45) is 0 Å². The minimum absolute atomic E-state index is 0.190. The summed E-state index contributed by atoms with van der Waals surface area (Å²) in [7, 11) is 0. The van der Waals surface area contributed by atoms with Crippen molar-refractivity contribution in [3.8, 4) is 0 Å². The van der Waals surface area contributed by atoms with Crippen LogP contribution in [0.25, 0.3) is 0 Å². The second-order valence-electron chi connectivity index (χ2n) is 7.43. The lowest BCUT2D eigenvalue weighted by Gasteiger charge is -2.31. The zero-order chi connectivity index (χ0) is 17.6. The van der Waals surface area contributed by atoms with Gasteiger partial charge in [-0.05, 0) is 52.5 Å². The van der Waals surface area contributed by atoms with Crippen LogP contribution in [0.4, 0.5) is 0 Å². The molecule has 25 heavy (non-hydrogen) atoms. The Bertz CT molecular complexity index is 778. The maximum absolute atomic E-state index is 13.0. The molecule has 1 aliphatic heterocycles. The third-order valence-electron chi connectivity index (χ3n) is 5.76. The van der Waals surface area contributed by atoms with Crippen molar-refractivity contribution in [2.45, 2.75) is 65.0 Å². The fourth-order valence-corrected chi connectivity index (χ4v) is 4.22. The Morgan fingerprint density at radius 1 is 1.20 bits per heavy atom. The van der Waals surface area contributed by atoms with Gasteiger partial charge in [0.05, 0.1) is 5.56 Å². The molecule has 6 nitrogen and oxygen atoms in total. The van der Waals surface area contributed by atoms with Gasteiger partial charge in [-0.3, -0.25) is 4.79 Å². The third kappa shape index (κ3) is 2.87. The number of amides is 1. The van der Waals surface area contributed by atoms with Crippen molar-refractivity contribution in [1.82, 2.24) is 24.2 Å². The normalized spacial score (nSPS) is 18.8. The molecular weight excluding hydrogens is 314 g/mol. The van der Waals surface area contributed by atoms with Crippen LogP contribution < -0.4 is 0 Å². The fourth-order valence-electron chi connectivity index (χ4n) is 4.22. The van der Waals surface area contributed by atoms with Gasteiger partial charge in [-0.15, -0.1) is 10.2 Å². The summed E-state index contributed by atoms with van der Waals surface area (Å²) in [5, 5.41) is 8.35. The van der Waals surface area contributed by atoms with Crippen LogP contribution in [-0.4, -0.2) is 43.2 Å². The number of aromatic nitrogens is 4. The molecule has 0 N–H and O–H groups in total. The molecule has 1 aliphatic carbocycles. The summed E-state index contributed by atoms with van der Waals surface area (Å²) in [6.07, 6.45) is 6.22. The van der Waals surface area contributed by atoms with Crippen LogP contribution in [0.3, 0.4) is 0 Å². The van der Waals surface area contributed by atoms with Crippen LogP contribution >= 0.6 is 0 Å². The molecule has 134 valence electrons. The van der Waals surface area contributed by atoms with Gasteiger partial charge in [-0.25, -0.2) is 0 Å². The Kier molecular flexibility index (Phi) is 4.13. The van der Waals surface area contributed by atoms with Crippen LogP contribution in [0, 0.1) is 13.8 Å². The molecule has 0 atom stereocenters. The number of rotatable bonds is 4. The molecule has 2 aromatic rings. The minimum atomic E-state index is 0.190. The molecule has 0 unspecified atom stereocenters. The highest BCUT2D eigenvalue weighted by Crippen LogP contribution is 2.38. The van der Waals surface area contributed by atoms with Crippen molar-refractivity contribution in [3.63, 3.8) is 0 Å². The Morgan fingerprint density at radius 3 is 2.56 bits per heavy atom. The summed E-state index contributed by atoms with van der Waals surface area (Å²) >= 11 is 0. The van der Waals surface area contributed by atoms with E-state index in [0.717, 1.165) is 49.6 Å². The van der Waals surface area contributed by atoms with Gasteiger partial charge in [0, 0.05) is 43.0 Å². The van der Waals surface area contributed by atoms with E-state index in [1.165, 1.54) is 18.5 Å². The quantitative estimate of drug-likeness (QED) is 0.859. The summed E-state index contributed by atoms with van der Waals surface area (Å²) in [6.45, 7) is 8.82. The highest BCUT2D eigenvalue weighted by molar-refractivity contribution is 5.95. The summed E-state index contributed by atoms with van der Waals surface area (Å²) in [6, 6.07) is 2.70. The first-order valence-electron chi connectivity index (χ1n) is 9.45. The van der Waals surface area contributed by atoms with E-state index < -0.39 is 0 Å². The average Bonchev–Trinajstić information content (AvgIpc) is 3.25. The molecular formula is C19H27N5O. The van der Waals surface area contributed by atoms with Crippen molar-refractivity contribution in [1.29, 1.82) is 0 Å². The number of nitrogens with zero attached hydrogens (tertiary/aromatic N) is 5. The molecule has 0 aromatic carbocycles. The molecule has 0 spiro atoms. The molecule has 0 radical (unpaired) electrons. The Morgan fingerprint density at radius 2 is 1.92 bits per heavy atom. The summed E-state index contributed by atoms with van der Waals surface area (Å²) in [5.41, 5.74) is 3.24. The largest absolute Gasteiger partial charge is 0.345 e. The number of piperidine rings is 1. The van der Waals surface area contributed by atoms with Gasteiger partial charge >= 0.3 is 0 Å². The van der Waals surface area contributed by atoms with Crippen molar-refractivity contribution < 1.29 is 4.79 Å². The van der Waals surface area contributed by atoms with Gasteiger partial charge < -0.3 is 14.0 Å². The Balaban J connectivity index is 1.46. The van der Waals surface area contributed by atoms with E-state index in [4.69, 9.17) is 0 Å². The maximum Gasteiger partial charge on any atom is 0.255 e. The fraction of sp³-hybridized carbons (Fsp3) is 0.632. The second kappa shape index (κ2) is 6.32. The van der Waals surface area contributed by atoms with Crippen LogP contribution in [0.2, 0.25) is 0 Å². The summed E-state index contributed by atoms with van der Waals surface area (Å²) < 4.78 is 4.47. The molecule has 1 saturated carbocycles. The lowest BCUT2D eigenvalue weighted by Crippen LogP contribution is -2.38. The van der Waals surface area contributed by atoms with E-state index in [1.54, 1.807) is 6.33 Å². The van der Waals surface area contributed by atoms with E-state index >= 15 is 0 Å². The minimum Gasteiger partial charge on any atom is -0.345 e. The number of aryl methyl sites for hydroxylation is 2. The Hall–Kier alpha value is -2.11. The molecule has 1 amide bonds. The SMILES string of the molecule is CCn1cnnc1C1CCN(C(=O)c2cc(C)n(C3CC3)c2C)CC1. The number of carbonyl (C=O) groups is 1.